The van der Waals surface area contributed by atoms with Crippen molar-refractivity contribution in [3.05, 3.63) is 11.9 Å². The van der Waals surface area contributed by atoms with E-state index >= 15 is 0 Å². The van der Waals surface area contributed by atoms with E-state index in [4.69, 9.17) is 5.73 Å². The molecule has 0 spiro atoms. The third-order valence-electron chi connectivity index (χ3n) is 2.24. The van der Waals surface area contributed by atoms with Gasteiger partial charge < -0.3 is 10.6 Å². The maximum Gasteiger partial charge on any atom is 0.255 e. The molecule has 90 valence electrons. The van der Waals surface area contributed by atoms with E-state index in [-0.39, 0.29) is 12.5 Å². The molecule has 1 rings (SSSR count). The van der Waals surface area contributed by atoms with Gasteiger partial charge in [0.25, 0.3) is 6.43 Å². The fourth-order valence-electron chi connectivity index (χ4n) is 1.55. The van der Waals surface area contributed by atoms with Crippen LogP contribution in [0.1, 0.15) is 25.3 Å². The first-order chi connectivity index (χ1) is 7.43. The standard InChI is InChI=1S/C10H16F2N4/c1-6(2)8-9(13)14-5-15-10(8)16(3)4-7(11)12/h5-7H,4H2,1-3H3,(H2,13,14,15). The fraction of sp³-hybridized carbons (Fsp3) is 0.600. The van der Waals surface area contributed by atoms with E-state index in [0.717, 1.165) is 0 Å². The zero-order chi connectivity index (χ0) is 12.3. The Morgan fingerprint density at radius 1 is 1.38 bits per heavy atom. The second kappa shape index (κ2) is 5.05. The monoisotopic (exact) mass is 230 g/mol. The highest BCUT2D eigenvalue weighted by Gasteiger charge is 2.18. The number of halogens is 2. The van der Waals surface area contributed by atoms with Crippen molar-refractivity contribution in [3.8, 4) is 0 Å². The van der Waals surface area contributed by atoms with Crippen LogP contribution in [0.3, 0.4) is 0 Å². The molecule has 0 aliphatic carbocycles. The Bertz CT molecular complexity index is 355. The van der Waals surface area contributed by atoms with Gasteiger partial charge in [-0.2, -0.15) is 0 Å². The largest absolute Gasteiger partial charge is 0.383 e. The average Bonchev–Trinajstić information content (AvgIpc) is 2.15. The molecule has 0 saturated carbocycles. The minimum absolute atomic E-state index is 0.0938. The van der Waals surface area contributed by atoms with E-state index in [1.807, 2.05) is 13.8 Å². The molecular weight excluding hydrogens is 214 g/mol. The predicted octanol–water partition coefficient (Wildman–Crippen LogP) is 1.88. The molecule has 0 amide bonds. The Labute approximate surface area is 93.5 Å². The normalized spacial score (nSPS) is 11.2. The molecule has 0 bridgehead atoms. The van der Waals surface area contributed by atoms with Crippen molar-refractivity contribution in [2.75, 3.05) is 24.2 Å². The third-order valence-corrected chi connectivity index (χ3v) is 2.24. The summed E-state index contributed by atoms with van der Waals surface area (Å²) < 4.78 is 24.6. The number of hydrogen-bond donors (Lipinski definition) is 1. The van der Waals surface area contributed by atoms with E-state index < -0.39 is 6.43 Å². The molecule has 0 fully saturated rings. The van der Waals surface area contributed by atoms with Crippen LogP contribution in [0.5, 0.6) is 0 Å². The van der Waals surface area contributed by atoms with Crippen LogP contribution >= 0.6 is 0 Å². The maximum absolute atomic E-state index is 12.3. The van der Waals surface area contributed by atoms with Gasteiger partial charge in [-0.3, -0.25) is 0 Å². The summed E-state index contributed by atoms with van der Waals surface area (Å²) in [5.74, 6) is 0.917. The van der Waals surface area contributed by atoms with Crippen LogP contribution in [0.25, 0.3) is 0 Å². The second-order valence-corrected chi connectivity index (χ2v) is 3.92. The van der Waals surface area contributed by atoms with E-state index in [0.29, 0.717) is 17.2 Å². The van der Waals surface area contributed by atoms with Crippen LogP contribution in [-0.2, 0) is 0 Å². The molecule has 0 radical (unpaired) electrons. The van der Waals surface area contributed by atoms with Crippen LogP contribution in [0, 0.1) is 0 Å². The van der Waals surface area contributed by atoms with Gasteiger partial charge in [-0.25, -0.2) is 18.7 Å². The van der Waals surface area contributed by atoms with Crippen molar-refractivity contribution >= 4 is 11.6 Å². The average molecular weight is 230 g/mol. The number of hydrogen-bond acceptors (Lipinski definition) is 4. The molecule has 0 atom stereocenters. The van der Waals surface area contributed by atoms with Gasteiger partial charge in [-0.15, -0.1) is 0 Å². The molecule has 0 aliphatic heterocycles. The molecule has 1 heterocycles. The SMILES string of the molecule is CC(C)c1c(N)ncnc1N(C)CC(F)F. The topological polar surface area (TPSA) is 55.0 Å². The first kappa shape index (κ1) is 12.6. The summed E-state index contributed by atoms with van der Waals surface area (Å²) in [4.78, 5) is 9.29. The number of anilines is 2. The first-order valence-electron chi connectivity index (χ1n) is 5.03. The van der Waals surface area contributed by atoms with E-state index in [2.05, 4.69) is 9.97 Å². The molecule has 1 aromatic heterocycles. The zero-order valence-corrected chi connectivity index (χ0v) is 9.61. The van der Waals surface area contributed by atoms with Crippen molar-refractivity contribution in [2.24, 2.45) is 0 Å². The van der Waals surface area contributed by atoms with E-state index in [9.17, 15) is 8.78 Å². The number of nitrogen functional groups attached to an aromatic ring is 1. The molecule has 6 heteroatoms. The molecule has 1 aromatic rings. The Morgan fingerprint density at radius 3 is 2.50 bits per heavy atom. The van der Waals surface area contributed by atoms with Gasteiger partial charge in [0.05, 0.1) is 6.54 Å². The third kappa shape index (κ3) is 2.77. The smallest absolute Gasteiger partial charge is 0.255 e. The molecule has 0 aromatic carbocycles. The molecule has 4 nitrogen and oxygen atoms in total. The Hall–Kier alpha value is -1.46. The Kier molecular flexibility index (Phi) is 3.98. The van der Waals surface area contributed by atoms with Crippen LogP contribution in [-0.4, -0.2) is 30.0 Å². The van der Waals surface area contributed by atoms with Crippen molar-refractivity contribution < 1.29 is 8.78 Å². The summed E-state index contributed by atoms with van der Waals surface area (Å²) >= 11 is 0. The van der Waals surface area contributed by atoms with Crippen molar-refractivity contribution in [2.45, 2.75) is 26.2 Å². The van der Waals surface area contributed by atoms with Crippen LogP contribution < -0.4 is 10.6 Å². The van der Waals surface area contributed by atoms with Gasteiger partial charge in [0.2, 0.25) is 0 Å². The lowest BCUT2D eigenvalue weighted by atomic mass is 10.0. The van der Waals surface area contributed by atoms with Gasteiger partial charge in [0.15, 0.2) is 0 Å². The van der Waals surface area contributed by atoms with E-state index in [1.54, 1.807) is 7.05 Å². The highest BCUT2D eigenvalue weighted by atomic mass is 19.3. The van der Waals surface area contributed by atoms with E-state index in [1.165, 1.54) is 11.2 Å². The van der Waals surface area contributed by atoms with Gasteiger partial charge in [0, 0.05) is 12.6 Å². The molecule has 16 heavy (non-hydrogen) atoms. The maximum atomic E-state index is 12.3. The number of aromatic nitrogens is 2. The minimum Gasteiger partial charge on any atom is -0.383 e. The lowest BCUT2D eigenvalue weighted by Crippen LogP contribution is -2.26. The summed E-state index contributed by atoms with van der Waals surface area (Å²) in [7, 11) is 1.57. The predicted molar refractivity (Wildman–Crippen MR) is 59.8 cm³/mol. The molecule has 0 saturated heterocycles. The highest BCUT2D eigenvalue weighted by Crippen LogP contribution is 2.28. The summed E-state index contributed by atoms with van der Waals surface area (Å²) in [5.41, 5.74) is 6.44. The summed E-state index contributed by atoms with van der Waals surface area (Å²) in [6.45, 7) is 3.49. The Morgan fingerprint density at radius 2 is 2.00 bits per heavy atom. The molecule has 0 unspecified atom stereocenters. The lowest BCUT2D eigenvalue weighted by molar-refractivity contribution is 0.156. The zero-order valence-electron chi connectivity index (χ0n) is 9.61. The van der Waals surface area contributed by atoms with Crippen molar-refractivity contribution in [3.63, 3.8) is 0 Å². The van der Waals surface area contributed by atoms with Crippen molar-refractivity contribution in [1.82, 2.24) is 9.97 Å². The van der Waals surface area contributed by atoms with Crippen molar-refractivity contribution in [1.29, 1.82) is 0 Å². The van der Waals surface area contributed by atoms with Gasteiger partial charge in [-0.1, -0.05) is 13.8 Å². The quantitative estimate of drug-likeness (QED) is 0.858. The summed E-state index contributed by atoms with van der Waals surface area (Å²) in [6.07, 6.45) is -1.11. The molecular formula is C10H16F2N4. The lowest BCUT2D eigenvalue weighted by Gasteiger charge is -2.22. The van der Waals surface area contributed by atoms with Gasteiger partial charge >= 0.3 is 0 Å². The molecule has 2 N–H and O–H groups in total. The second-order valence-electron chi connectivity index (χ2n) is 3.92. The van der Waals surface area contributed by atoms with Crippen LogP contribution in [0.2, 0.25) is 0 Å². The first-order valence-corrected chi connectivity index (χ1v) is 5.03. The fourth-order valence-corrected chi connectivity index (χ4v) is 1.55. The number of nitrogens with two attached hydrogens (primary N) is 1. The minimum atomic E-state index is -2.40. The van der Waals surface area contributed by atoms with Crippen LogP contribution in [0.4, 0.5) is 20.4 Å². The van der Waals surface area contributed by atoms with Crippen LogP contribution in [0.15, 0.2) is 6.33 Å². The Balaban J connectivity index is 3.07. The summed E-state index contributed by atoms with van der Waals surface area (Å²) in [5, 5.41) is 0. The van der Waals surface area contributed by atoms with Gasteiger partial charge in [0.1, 0.15) is 18.0 Å². The summed E-state index contributed by atoms with van der Waals surface area (Å²) in [6, 6.07) is 0. The highest BCUT2D eigenvalue weighted by molar-refractivity contribution is 5.57. The molecule has 0 aliphatic rings. The van der Waals surface area contributed by atoms with Gasteiger partial charge in [-0.05, 0) is 5.92 Å². The number of rotatable bonds is 4. The number of nitrogens with zero attached hydrogens (tertiary/aromatic N) is 3. The number of alkyl halides is 2.